The van der Waals surface area contributed by atoms with Crippen molar-refractivity contribution >= 4 is 0 Å². The maximum atomic E-state index is 13.2. The number of nitrogens with one attached hydrogen (secondary N) is 1. The lowest BCUT2D eigenvalue weighted by molar-refractivity contribution is -0.0381. The molecule has 2 unspecified atom stereocenters. The van der Waals surface area contributed by atoms with Crippen LogP contribution in [0.4, 0.5) is 4.39 Å². The number of nitrogens with zero attached hydrogens (tertiary/aromatic N) is 1. The molecule has 0 bridgehead atoms. The molecule has 2 rings (SSSR count). The van der Waals surface area contributed by atoms with Crippen LogP contribution in [0.15, 0.2) is 24.3 Å². The second kappa shape index (κ2) is 6.98. The molecule has 0 aliphatic carbocycles. The second-order valence-corrected chi connectivity index (χ2v) is 5.17. The first kappa shape index (κ1) is 14.4. The lowest BCUT2D eigenvalue weighted by Gasteiger charge is -2.35. The largest absolute Gasteiger partial charge is 0.374 e. The number of likely N-dealkylation sites (N-methyl/N-ethyl adjacent to an activating group) is 2. The highest BCUT2D eigenvalue weighted by Gasteiger charge is 2.26. The molecule has 1 aromatic rings. The van der Waals surface area contributed by atoms with Gasteiger partial charge in [0.2, 0.25) is 0 Å². The van der Waals surface area contributed by atoms with Gasteiger partial charge in [0.05, 0.1) is 12.7 Å². The number of benzene rings is 1. The van der Waals surface area contributed by atoms with E-state index in [-0.39, 0.29) is 18.0 Å². The quantitative estimate of drug-likeness (QED) is 0.877. The maximum Gasteiger partial charge on any atom is 0.123 e. The fraction of sp³-hybridized carbons (Fsp3) is 0.600. The fourth-order valence-electron chi connectivity index (χ4n) is 2.57. The predicted octanol–water partition coefficient (Wildman–Crippen LogP) is 1.68. The second-order valence-electron chi connectivity index (χ2n) is 5.17. The molecule has 19 heavy (non-hydrogen) atoms. The van der Waals surface area contributed by atoms with E-state index in [9.17, 15) is 4.39 Å². The summed E-state index contributed by atoms with van der Waals surface area (Å²) in [5, 5.41) is 3.47. The molecular formula is C15H23FN2O. The number of hydrogen-bond donors (Lipinski definition) is 1. The molecule has 0 saturated carbocycles. The van der Waals surface area contributed by atoms with E-state index in [0.29, 0.717) is 0 Å². The molecule has 2 atom stereocenters. The van der Waals surface area contributed by atoms with E-state index in [2.05, 4.69) is 24.2 Å². The summed E-state index contributed by atoms with van der Waals surface area (Å²) in [5.41, 5.74) is 1.02. The Bertz CT molecular complexity index is 399. The number of hydrogen-bond acceptors (Lipinski definition) is 3. The number of ether oxygens (including phenoxy) is 1. The van der Waals surface area contributed by atoms with E-state index >= 15 is 0 Å². The van der Waals surface area contributed by atoms with E-state index in [1.807, 2.05) is 6.07 Å². The van der Waals surface area contributed by atoms with Crippen molar-refractivity contribution in [2.75, 3.05) is 33.3 Å². The zero-order chi connectivity index (χ0) is 13.7. The van der Waals surface area contributed by atoms with Gasteiger partial charge in [0.15, 0.2) is 0 Å². The van der Waals surface area contributed by atoms with Crippen LogP contribution in [0.3, 0.4) is 0 Å². The fourth-order valence-corrected chi connectivity index (χ4v) is 2.57. The van der Waals surface area contributed by atoms with Crippen molar-refractivity contribution in [1.29, 1.82) is 0 Å². The molecule has 4 heteroatoms. The third kappa shape index (κ3) is 4.27. The van der Waals surface area contributed by atoms with Crippen LogP contribution in [0.1, 0.15) is 12.5 Å². The molecule has 0 spiro atoms. The molecule has 106 valence electrons. The molecule has 1 heterocycles. The van der Waals surface area contributed by atoms with Gasteiger partial charge < -0.3 is 15.0 Å². The third-order valence-electron chi connectivity index (χ3n) is 3.56. The van der Waals surface area contributed by atoms with Gasteiger partial charge in [-0.2, -0.15) is 0 Å². The van der Waals surface area contributed by atoms with Gasteiger partial charge in [0, 0.05) is 19.1 Å². The van der Waals surface area contributed by atoms with Crippen LogP contribution in [-0.2, 0) is 11.2 Å². The van der Waals surface area contributed by atoms with Crippen molar-refractivity contribution in [2.24, 2.45) is 0 Å². The average Bonchev–Trinajstić information content (AvgIpc) is 2.38. The summed E-state index contributed by atoms with van der Waals surface area (Å²) in [5.74, 6) is -0.172. The highest BCUT2D eigenvalue weighted by molar-refractivity contribution is 5.18. The van der Waals surface area contributed by atoms with Gasteiger partial charge in [-0.25, -0.2) is 4.39 Å². The molecule has 1 aliphatic rings. The summed E-state index contributed by atoms with van der Waals surface area (Å²) in [6.07, 6.45) is 0.964. The van der Waals surface area contributed by atoms with E-state index in [0.717, 1.165) is 38.2 Å². The van der Waals surface area contributed by atoms with Crippen molar-refractivity contribution < 1.29 is 9.13 Å². The van der Waals surface area contributed by atoms with Gasteiger partial charge >= 0.3 is 0 Å². The molecule has 1 aliphatic heterocycles. The van der Waals surface area contributed by atoms with Crippen molar-refractivity contribution in [3.05, 3.63) is 35.6 Å². The molecule has 1 saturated heterocycles. The van der Waals surface area contributed by atoms with Crippen LogP contribution < -0.4 is 5.32 Å². The Kier molecular flexibility index (Phi) is 5.31. The first-order valence-electron chi connectivity index (χ1n) is 6.97. The number of halogens is 1. The Hall–Kier alpha value is -0.970. The van der Waals surface area contributed by atoms with Crippen LogP contribution in [0.2, 0.25) is 0 Å². The maximum absolute atomic E-state index is 13.2. The first-order valence-corrected chi connectivity index (χ1v) is 6.97. The van der Waals surface area contributed by atoms with E-state index in [4.69, 9.17) is 4.74 Å². The zero-order valence-electron chi connectivity index (χ0n) is 11.7. The summed E-state index contributed by atoms with van der Waals surface area (Å²) in [6.45, 7) is 5.66. The molecule has 0 aromatic heterocycles. The highest BCUT2D eigenvalue weighted by atomic mass is 19.1. The minimum atomic E-state index is -0.172. The molecule has 1 N–H and O–H groups in total. The van der Waals surface area contributed by atoms with Crippen molar-refractivity contribution in [3.63, 3.8) is 0 Å². The first-order chi connectivity index (χ1) is 9.19. The van der Waals surface area contributed by atoms with Gasteiger partial charge in [-0.15, -0.1) is 0 Å². The number of morpholine rings is 1. The molecule has 0 radical (unpaired) electrons. The summed E-state index contributed by atoms with van der Waals surface area (Å²) in [4.78, 5) is 2.28. The average molecular weight is 266 g/mol. The van der Waals surface area contributed by atoms with E-state index < -0.39 is 0 Å². The molecule has 3 nitrogen and oxygen atoms in total. The molecular weight excluding hydrogens is 243 g/mol. The topological polar surface area (TPSA) is 24.5 Å². The van der Waals surface area contributed by atoms with Crippen molar-refractivity contribution in [3.8, 4) is 0 Å². The summed E-state index contributed by atoms with van der Waals surface area (Å²) in [6, 6.07) is 7.06. The Morgan fingerprint density at radius 2 is 2.37 bits per heavy atom. The van der Waals surface area contributed by atoms with Gasteiger partial charge in [-0.3, -0.25) is 0 Å². The smallest absolute Gasteiger partial charge is 0.123 e. The molecule has 1 fully saturated rings. The van der Waals surface area contributed by atoms with Crippen LogP contribution >= 0.6 is 0 Å². The van der Waals surface area contributed by atoms with Crippen LogP contribution in [0, 0.1) is 5.82 Å². The SMILES string of the molecule is CCNC(Cc1cccc(F)c1)C1CN(C)CCO1. The monoisotopic (exact) mass is 266 g/mol. The minimum Gasteiger partial charge on any atom is -0.374 e. The van der Waals surface area contributed by atoms with Crippen molar-refractivity contribution in [1.82, 2.24) is 10.2 Å². The van der Waals surface area contributed by atoms with Crippen LogP contribution in [-0.4, -0.2) is 50.3 Å². The highest BCUT2D eigenvalue weighted by Crippen LogP contribution is 2.13. The Morgan fingerprint density at radius 1 is 1.53 bits per heavy atom. The summed E-state index contributed by atoms with van der Waals surface area (Å²) >= 11 is 0. The normalized spacial score (nSPS) is 22.4. The molecule has 1 aromatic carbocycles. The van der Waals surface area contributed by atoms with E-state index in [1.165, 1.54) is 6.07 Å². The van der Waals surface area contributed by atoms with Crippen molar-refractivity contribution in [2.45, 2.75) is 25.5 Å². The summed E-state index contributed by atoms with van der Waals surface area (Å²) in [7, 11) is 2.11. The van der Waals surface area contributed by atoms with Crippen LogP contribution in [0.5, 0.6) is 0 Å². The zero-order valence-corrected chi connectivity index (χ0v) is 11.7. The van der Waals surface area contributed by atoms with Gasteiger partial charge in [-0.05, 0) is 37.7 Å². The Morgan fingerprint density at radius 3 is 3.05 bits per heavy atom. The lowest BCUT2D eigenvalue weighted by Crippen LogP contribution is -2.52. The van der Waals surface area contributed by atoms with Gasteiger partial charge in [-0.1, -0.05) is 19.1 Å². The Labute approximate surface area is 114 Å². The molecule has 0 amide bonds. The predicted molar refractivity (Wildman–Crippen MR) is 74.8 cm³/mol. The van der Waals surface area contributed by atoms with E-state index in [1.54, 1.807) is 12.1 Å². The van der Waals surface area contributed by atoms with Gasteiger partial charge in [0.1, 0.15) is 5.82 Å². The lowest BCUT2D eigenvalue weighted by atomic mass is 10.00. The van der Waals surface area contributed by atoms with Gasteiger partial charge in [0.25, 0.3) is 0 Å². The number of rotatable bonds is 5. The Balaban J connectivity index is 2.02. The minimum absolute atomic E-state index is 0.168. The summed E-state index contributed by atoms with van der Waals surface area (Å²) < 4.78 is 19.1. The third-order valence-corrected chi connectivity index (χ3v) is 3.56. The van der Waals surface area contributed by atoms with Crippen LogP contribution in [0.25, 0.3) is 0 Å². The standard InChI is InChI=1S/C15H23FN2O/c1-3-17-14(15-11-18(2)7-8-19-15)10-12-5-4-6-13(16)9-12/h4-6,9,14-15,17H,3,7-8,10-11H2,1-2H3.